The van der Waals surface area contributed by atoms with E-state index in [0.29, 0.717) is 31.9 Å². The lowest BCUT2D eigenvalue weighted by Crippen LogP contribution is -2.32. The van der Waals surface area contributed by atoms with Gasteiger partial charge in [0.25, 0.3) is 0 Å². The number of nitrogens with one attached hydrogen (secondary N) is 1. The van der Waals surface area contributed by atoms with Crippen molar-refractivity contribution < 1.29 is 24.1 Å². The zero-order valence-corrected chi connectivity index (χ0v) is 17.2. The van der Waals surface area contributed by atoms with Gasteiger partial charge in [0.15, 0.2) is 0 Å². The minimum Gasteiger partial charge on any atom is -0.491 e. The molecule has 0 unspecified atom stereocenters. The van der Waals surface area contributed by atoms with Crippen molar-refractivity contribution in [3.05, 3.63) is 59.1 Å². The second-order valence-electron chi connectivity index (χ2n) is 7.59. The molecule has 1 fully saturated rings. The largest absolute Gasteiger partial charge is 0.491 e. The first kappa shape index (κ1) is 20.5. The number of aliphatic carboxylic acids is 1. The summed E-state index contributed by atoms with van der Waals surface area (Å²) < 4.78 is 17.0. The van der Waals surface area contributed by atoms with Crippen LogP contribution in [0.3, 0.4) is 0 Å². The van der Waals surface area contributed by atoms with Gasteiger partial charge in [0.05, 0.1) is 18.4 Å². The highest BCUT2D eigenvalue weighted by Gasteiger charge is 2.28. The van der Waals surface area contributed by atoms with Gasteiger partial charge < -0.3 is 29.5 Å². The zero-order chi connectivity index (χ0) is 20.9. The average Bonchev–Trinajstić information content (AvgIpc) is 2.77. The fourth-order valence-electron chi connectivity index (χ4n) is 4.10. The van der Waals surface area contributed by atoms with Crippen molar-refractivity contribution in [3.63, 3.8) is 0 Å². The van der Waals surface area contributed by atoms with E-state index in [4.69, 9.17) is 14.2 Å². The summed E-state index contributed by atoms with van der Waals surface area (Å²) in [6, 6.07) is 7.95. The number of nitrogens with zero attached hydrogens (tertiary/aromatic N) is 1. The molecule has 0 atom stereocenters. The maximum atomic E-state index is 11.6. The fourth-order valence-corrected chi connectivity index (χ4v) is 4.10. The van der Waals surface area contributed by atoms with E-state index in [1.165, 1.54) is 0 Å². The Morgan fingerprint density at radius 1 is 1.23 bits per heavy atom. The van der Waals surface area contributed by atoms with Gasteiger partial charge in [0, 0.05) is 38.6 Å². The maximum Gasteiger partial charge on any atom is 0.352 e. The third kappa shape index (κ3) is 4.52. The number of benzene rings is 1. The number of hydrogen-bond donors (Lipinski definition) is 2. The molecule has 30 heavy (non-hydrogen) atoms. The molecular formula is C23H28N2O5. The van der Waals surface area contributed by atoms with Gasteiger partial charge in [0.1, 0.15) is 18.1 Å². The van der Waals surface area contributed by atoms with Crippen LogP contribution in [0.25, 0.3) is 5.57 Å². The lowest BCUT2D eigenvalue weighted by Gasteiger charge is -2.34. The summed E-state index contributed by atoms with van der Waals surface area (Å²) in [5.41, 5.74) is 4.50. The van der Waals surface area contributed by atoms with Crippen LogP contribution in [0.2, 0.25) is 0 Å². The van der Waals surface area contributed by atoms with Crippen molar-refractivity contribution in [2.75, 3.05) is 40.0 Å². The van der Waals surface area contributed by atoms with E-state index in [1.54, 1.807) is 11.0 Å². The third-order valence-corrected chi connectivity index (χ3v) is 5.65. The van der Waals surface area contributed by atoms with Crippen molar-refractivity contribution in [1.29, 1.82) is 0 Å². The number of likely N-dealkylation sites (N-methyl/N-ethyl adjacent to an activating group) is 1. The van der Waals surface area contributed by atoms with Crippen molar-refractivity contribution in [2.24, 2.45) is 0 Å². The average molecular weight is 412 g/mol. The number of carboxylic acid groups (broad SMARTS) is 1. The van der Waals surface area contributed by atoms with Gasteiger partial charge in [-0.15, -0.1) is 0 Å². The minimum absolute atomic E-state index is 0.274. The Morgan fingerprint density at radius 3 is 2.73 bits per heavy atom. The van der Waals surface area contributed by atoms with Gasteiger partial charge in [-0.2, -0.15) is 0 Å². The number of hydrogen-bond acceptors (Lipinski definition) is 6. The van der Waals surface area contributed by atoms with Crippen LogP contribution >= 0.6 is 0 Å². The summed E-state index contributed by atoms with van der Waals surface area (Å²) >= 11 is 0. The Bertz CT molecular complexity index is 866. The lowest BCUT2D eigenvalue weighted by atomic mass is 9.92. The lowest BCUT2D eigenvalue weighted by molar-refractivity contribution is -0.134. The molecule has 0 aromatic heterocycles. The Balaban J connectivity index is 1.40. The molecule has 0 aliphatic carbocycles. The second-order valence-corrected chi connectivity index (χ2v) is 7.59. The van der Waals surface area contributed by atoms with Gasteiger partial charge in [0.2, 0.25) is 0 Å². The molecule has 1 aromatic carbocycles. The van der Waals surface area contributed by atoms with Crippen LogP contribution in [0.15, 0.2) is 53.5 Å². The first-order chi connectivity index (χ1) is 14.6. The summed E-state index contributed by atoms with van der Waals surface area (Å²) in [7, 11) is 1.81. The van der Waals surface area contributed by atoms with Crippen molar-refractivity contribution in [2.45, 2.75) is 25.4 Å². The van der Waals surface area contributed by atoms with Gasteiger partial charge in [-0.3, -0.25) is 0 Å². The molecular weight excluding hydrogens is 384 g/mol. The molecule has 0 bridgehead atoms. The second kappa shape index (κ2) is 9.36. The molecule has 0 radical (unpaired) electrons. The SMILES string of the molecule is CN1C(C(=O)O)=CCC2=CNCC(c3ccc(OCCOC4CCOCC4)cc3)=C21. The Morgan fingerprint density at radius 2 is 2.00 bits per heavy atom. The van der Waals surface area contributed by atoms with Crippen LogP contribution in [0.1, 0.15) is 24.8 Å². The van der Waals surface area contributed by atoms with Crippen molar-refractivity contribution in [3.8, 4) is 5.75 Å². The molecule has 1 saturated heterocycles. The molecule has 3 heterocycles. The van der Waals surface area contributed by atoms with E-state index in [-0.39, 0.29) is 6.10 Å². The van der Waals surface area contributed by atoms with E-state index < -0.39 is 5.97 Å². The van der Waals surface area contributed by atoms with Crippen LogP contribution in [0.4, 0.5) is 0 Å². The monoisotopic (exact) mass is 412 g/mol. The van der Waals surface area contributed by atoms with Crippen LogP contribution in [-0.4, -0.2) is 62.1 Å². The summed E-state index contributed by atoms with van der Waals surface area (Å²) in [4.78, 5) is 13.3. The van der Waals surface area contributed by atoms with Crippen molar-refractivity contribution >= 4 is 11.5 Å². The maximum absolute atomic E-state index is 11.6. The molecule has 160 valence electrons. The highest BCUT2D eigenvalue weighted by atomic mass is 16.5. The molecule has 7 heteroatoms. The van der Waals surface area contributed by atoms with E-state index in [1.807, 2.05) is 37.5 Å². The van der Waals surface area contributed by atoms with Gasteiger partial charge >= 0.3 is 5.97 Å². The molecule has 2 N–H and O–H groups in total. The predicted molar refractivity (Wildman–Crippen MR) is 113 cm³/mol. The summed E-state index contributed by atoms with van der Waals surface area (Å²) in [6.07, 6.45) is 6.50. The van der Waals surface area contributed by atoms with E-state index >= 15 is 0 Å². The Hall–Kier alpha value is -2.77. The normalized spacial score (nSPS) is 19.6. The Labute approximate surface area is 176 Å². The number of carbonyl (C=O) groups is 1. The van der Waals surface area contributed by atoms with Crippen molar-refractivity contribution in [1.82, 2.24) is 10.2 Å². The number of rotatable bonds is 7. The van der Waals surface area contributed by atoms with Crippen LogP contribution < -0.4 is 10.1 Å². The zero-order valence-electron chi connectivity index (χ0n) is 17.2. The molecule has 0 amide bonds. The highest BCUT2D eigenvalue weighted by Crippen LogP contribution is 2.35. The molecule has 0 saturated carbocycles. The predicted octanol–water partition coefficient (Wildman–Crippen LogP) is 2.76. The first-order valence-electron chi connectivity index (χ1n) is 10.4. The van der Waals surface area contributed by atoms with Crippen LogP contribution in [-0.2, 0) is 14.3 Å². The number of allylic oxidation sites excluding steroid dienone is 2. The van der Waals surface area contributed by atoms with Gasteiger partial charge in [-0.25, -0.2) is 4.79 Å². The number of ether oxygens (including phenoxy) is 3. The summed E-state index contributed by atoms with van der Waals surface area (Å²) in [5.74, 6) is -0.115. The number of fused-ring (bicyclic) bond motifs is 1. The number of dihydropyridines is 1. The van der Waals surface area contributed by atoms with Gasteiger partial charge in [-0.1, -0.05) is 12.1 Å². The quantitative estimate of drug-likeness (QED) is 0.667. The summed E-state index contributed by atoms with van der Waals surface area (Å²) in [6.45, 7) is 3.27. The fraction of sp³-hybridized carbons (Fsp3) is 0.435. The van der Waals surface area contributed by atoms with Crippen LogP contribution in [0.5, 0.6) is 5.75 Å². The first-order valence-corrected chi connectivity index (χ1v) is 10.4. The third-order valence-electron chi connectivity index (χ3n) is 5.65. The van der Waals surface area contributed by atoms with Crippen LogP contribution in [0, 0.1) is 0 Å². The summed E-state index contributed by atoms with van der Waals surface area (Å²) in [5, 5.41) is 12.8. The van der Waals surface area contributed by atoms with E-state index in [2.05, 4.69) is 5.32 Å². The molecule has 3 aliphatic heterocycles. The van der Waals surface area contributed by atoms with E-state index in [0.717, 1.165) is 54.2 Å². The highest BCUT2D eigenvalue weighted by molar-refractivity contribution is 5.88. The smallest absolute Gasteiger partial charge is 0.352 e. The van der Waals surface area contributed by atoms with Gasteiger partial charge in [-0.05, 0) is 48.6 Å². The molecule has 1 aromatic rings. The number of carboxylic acids is 1. The molecule has 0 spiro atoms. The minimum atomic E-state index is -0.909. The topological polar surface area (TPSA) is 80.3 Å². The molecule has 4 rings (SSSR count). The molecule has 3 aliphatic rings. The van der Waals surface area contributed by atoms with E-state index in [9.17, 15) is 9.90 Å². The standard InChI is InChI=1S/C23H28N2O5/c1-25-21(23(26)27)7-4-17-14-24-15-20(22(17)25)16-2-5-18(6-3-16)29-12-13-30-19-8-10-28-11-9-19/h2-3,5-7,14,19,24H,4,8-13,15H2,1H3,(H,26,27). The molecule has 7 nitrogen and oxygen atoms in total. The Kier molecular flexibility index (Phi) is 6.40.